The first kappa shape index (κ1) is 17.8. The molecule has 0 aliphatic rings. The lowest BCUT2D eigenvalue weighted by molar-refractivity contribution is 0.600. The molecule has 0 aliphatic heterocycles. The van der Waals surface area contributed by atoms with Gasteiger partial charge in [-0.1, -0.05) is 18.2 Å². The minimum Gasteiger partial charge on any atom is -0.339 e. The molecule has 0 fully saturated rings. The minimum atomic E-state index is -3.77. The molecule has 0 saturated heterocycles. The molecule has 0 bridgehead atoms. The zero-order chi connectivity index (χ0) is 18.7. The Morgan fingerprint density at radius 3 is 2.35 bits per heavy atom. The standard InChI is InChI=1S/C18H17FN4O2S/c1-12-6-7-13(2)16(10-12)26(24,25)23-18-9-8-17(21-22-18)20-15-5-3-4-14(19)11-15/h3-11H,1-2H3,(H,20,21)(H,22,23). The summed E-state index contributed by atoms with van der Waals surface area (Å²) in [5.74, 6) is 0.0850. The maximum atomic E-state index is 13.2. The smallest absolute Gasteiger partial charge is 0.263 e. The number of rotatable bonds is 5. The van der Waals surface area contributed by atoms with Gasteiger partial charge in [0, 0.05) is 5.69 Å². The molecule has 1 heterocycles. The summed E-state index contributed by atoms with van der Waals surface area (Å²) in [6, 6.07) is 14.1. The van der Waals surface area contributed by atoms with Gasteiger partial charge in [-0.15, -0.1) is 10.2 Å². The van der Waals surface area contributed by atoms with Crippen molar-refractivity contribution in [3.63, 3.8) is 0 Å². The summed E-state index contributed by atoms with van der Waals surface area (Å²) in [7, 11) is -3.77. The molecule has 3 aromatic rings. The predicted octanol–water partition coefficient (Wildman–Crippen LogP) is 3.78. The van der Waals surface area contributed by atoms with Gasteiger partial charge >= 0.3 is 0 Å². The summed E-state index contributed by atoms with van der Waals surface area (Å²) in [6.45, 7) is 3.55. The molecule has 3 rings (SSSR count). The topological polar surface area (TPSA) is 84.0 Å². The van der Waals surface area contributed by atoms with Crippen LogP contribution in [0.15, 0.2) is 59.5 Å². The summed E-state index contributed by atoms with van der Waals surface area (Å²) in [4.78, 5) is 0.196. The molecule has 0 aliphatic carbocycles. The van der Waals surface area contributed by atoms with Crippen molar-refractivity contribution in [2.24, 2.45) is 0 Å². The van der Waals surface area contributed by atoms with Crippen molar-refractivity contribution in [2.45, 2.75) is 18.7 Å². The summed E-state index contributed by atoms with van der Waals surface area (Å²) in [6.07, 6.45) is 0. The van der Waals surface area contributed by atoms with Gasteiger partial charge < -0.3 is 5.32 Å². The zero-order valence-corrected chi connectivity index (χ0v) is 15.0. The summed E-state index contributed by atoms with van der Waals surface area (Å²) in [5, 5.41) is 10.7. The van der Waals surface area contributed by atoms with Crippen LogP contribution in [0.2, 0.25) is 0 Å². The Balaban J connectivity index is 1.77. The molecular weight excluding hydrogens is 355 g/mol. The molecule has 6 nitrogen and oxygen atoms in total. The van der Waals surface area contributed by atoms with Crippen molar-refractivity contribution < 1.29 is 12.8 Å². The normalized spacial score (nSPS) is 11.2. The molecule has 0 atom stereocenters. The number of hydrogen-bond acceptors (Lipinski definition) is 5. The first-order chi connectivity index (χ1) is 12.3. The van der Waals surface area contributed by atoms with Crippen LogP contribution in [0.4, 0.5) is 21.7 Å². The molecule has 26 heavy (non-hydrogen) atoms. The maximum Gasteiger partial charge on any atom is 0.263 e. The van der Waals surface area contributed by atoms with Crippen molar-refractivity contribution >= 4 is 27.3 Å². The third-order valence-electron chi connectivity index (χ3n) is 3.63. The Bertz CT molecular complexity index is 1040. The fraction of sp³-hybridized carbons (Fsp3) is 0.111. The maximum absolute atomic E-state index is 13.2. The van der Waals surface area contributed by atoms with Gasteiger partial charge in [-0.2, -0.15) is 0 Å². The third-order valence-corrected chi connectivity index (χ3v) is 5.13. The molecule has 0 amide bonds. The van der Waals surface area contributed by atoms with Crippen LogP contribution in [0.5, 0.6) is 0 Å². The number of anilines is 3. The summed E-state index contributed by atoms with van der Waals surface area (Å²) >= 11 is 0. The second-order valence-electron chi connectivity index (χ2n) is 5.81. The number of aromatic nitrogens is 2. The SMILES string of the molecule is Cc1ccc(C)c(S(=O)(=O)Nc2ccc(Nc3cccc(F)c3)nn2)c1. The molecule has 0 saturated carbocycles. The van der Waals surface area contributed by atoms with Crippen LogP contribution in [0.25, 0.3) is 0 Å². The largest absolute Gasteiger partial charge is 0.339 e. The van der Waals surface area contributed by atoms with E-state index in [-0.39, 0.29) is 16.5 Å². The summed E-state index contributed by atoms with van der Waals surface area (Å²) in [5.41, 5.74) is 2.00. The van der Waals surface area contributed by atoms with Crippen LogP contribution in [0, 0.1) is 19.7 Å². The van der Waals surface area contributed by atoms with Gasteiger partial charge in [0.05, 0.1) is 4.90 Å². The van der Waals surface area contributed by atoms with Crippen molar-refractivity contribution in [3.8, 4) is 0 Å². The van der Waals surface area contributed by atoms with Gasteiger partial charge in [-0.3, -0.25) is 4.72 Å². The molecule has 134 valence electrons. The fourth-order valence-corrected chi connectivity index (χ4v) is 3.68. The minimum absolute atomic E-state index is 0.0932. The van der Waals surface area contributed by atoms with Crippen LogP contribution in [0.1, 0.15) is 11.1 Å². The Labute approximate surface area is 151 Å². The molecular formula is C18H17FN4O2S. The van der Waals surface area contributed by atoms with Crippen LogP contribution in [0.3, 0.4) is 0 Å². The number of sulfonamides is 1. The van der Waals surface area contributed by atoms with E-state index in [2.05, 4.69) is 20.2 Å². The predicted molar refractivity (Wildman–Crippen MR) is 98.4 cm³/mol. The van der Waals surface area contributed by atoms with E-state index in [9.17, 15) is 12.8 Å². The molecule has 2 aromatic carbocycles. The quantitative estimate of drug-likeness (QED) is 0.712. The summed E-state index contributed by atoms with van der Waals surface area (Å²) < 4.78 is 40.7. The average molecular weight is 372 g/mol. The van der Waals surface area contributed by atoms with Crippen molar-refractivity contribution in [1.29, 1.82) is 0 Å². The van der Waals surface area contributed by atoms with Crippen LogP contribution in [-0.4, -0.2) is 18.6 Å². The lowest BCUT2D eigenvalue weighted by atomic mass is 10.2. The number of nitrogens with one attached hydrogen (secondary N) is 2. The monoisotopic (exact) mass is 372 g/mol. The highest BCUT2D eigenvalue weighted by molar-refractivity contribution is 7.92. The molecule has 0 radical (unpaired) electrons. The fourth-order valence-electron chi connectivity index (χ4n) is 2.36. The Morgan fingerprint density at radius 2 is 1.65 bits per heavy atom. The van der Waals surface area contributed by atoms with Gasteiger partial charge in [0.2, 0.25) is 0 Å². The lowest BCUT2D eigenvalue weighted by Gasteiger charge is -2.11. The number of hydrogen-bond donors (Lipinski definition) is 2. The second kappa shape index (κ2) is 7.09. The molecule has 2 N–H and O–H groups in total. The van der Waals surface area contributed by atoms with Gasteiger partial charge in [-0.25, -0.2) is 12.8 Å². The Morgan fingerprint density at radius 1 is 0.923 bits per heavy atom. The number of aryl methyl sites for hydroxylation is 2. The van der Waals surface area contributed by atoms with E-state index in [0.29, 0.717) is 17.1 Å². The van der Waals surface area contributed by atoms with Crippen LogP contribution < -0.4 is 10.0 Å². The van der Waals surface area contributed by atoms with E-state index in [1.54, 1.807) is 37.3 Å². The van der Waals surface area contributed by atoms with E-state index in [1.165, 1.54) is 18.2 Å². The third kappa shape index (κ3) is 4.15. The zero-order valence-electron chi connectivity index (χ0n) is 14.2. The van der Waals surface area contributed by atoms with E-state index in [1.807, 2.05) is 13.0 Å². The van der Waals surface area contributed by atoms with Crippen molar-refractivity contribution in [1.82, 2.24) is 10.2 Å². The van der Waals surface area contributed by atoms with Gasteiger partial charge in [0.25, 0.3) is 10.0 Å². The highest BCUT2D eigenvalue weighted by atomic mass is 32.2. The highest BCUT2D eigenvalue weighted by Crippen LogP contribution is 2.20. The van der Waals surface area contributed by atoms with Gasteiger partial charge in [0.1, 0.15) is 5.82 Å². The van der Waals surface area contributed by atoms with Gasteiger partial charge in [-0.05, 0) is 61.4 Å². The van der Waals surface area contributed by atoms with Crippen LogP contribution in [-0.2, 0) is 10.0 Å². The van der Waals surface area contributed by atoms with E-state index in [0.717, 1.165) is 5.56 Å². The lowest BCUT2D eigenvalue weighted by Crippen LogP contribution is -2.15. The Hall–Kier alpha value is -3.00. The first-order valence-corrected chi connectivity index (χ1v) is 9.28. The molecule has 0 unspecified atom stereocenters. The van der Waals surface area contributed by atoms with Crippen molar-refractivity contribution in [2.75, 3.05) is 10.0 Å². The second-order valence-corrected chi connectivity index (χ2v) is 7.46. The average Bonchev–Trinajstić information content (AvgIpc) is 2.58. The number of nitrogens with zero attached hydrogens (tertiary/aromatic N) is 2. The molecule has 0 spiro atoms. The first-order valence-electron chi connectivity index (χ1n) is 7.80. The van der Waals surface area contributed by atoms with E-state index >= 15 is 0 Å². The van der Waals surface area contributed by atoms with Gasteiger partial charge in [0.15, 0.2) is 11.6 Å². The number of halogens is 1. The molecule has 1 aromatic heterocycles. The van der Waals surface area contributed by atoms with E-state index in [4.69, 9.17) is 0 Å². The van der Waals surface area contributed by atoms with E-state index < -0.39 is 10.0 Å². The molecule has 8 heteroatoms. The van der Waals surface area contributed by atoms with Crippen LogP contribution >= 0.6 is 0 Å². The van der Waals surface area contributed by atoms with Crippen molar-refractivity contribution in [3.05, 3.63) is 71.5 Å². The number of benzene rings is 2. The highest BCUT2D eigenvalue weighted by Gasteiger charge is 2.18. The Kier molecular flexibility index (Phi) is 4.85.